The number of methoxy groups -OCH3 is 1. The molecule has 1 amide bonds. The minimum atomic E-state index is -0.844. The minimum absolute atomic E-state index is 0.0385. The predicted molar refractivity (Wildman–Crippen MR) is 133 cm³/mol. The van der Waals surface area contributed by atoms with Gasteiger partial charge in [-0.25, -0.2) is 4.79 Å². The summed E-state index contributed by atoms with van der Waals surface area (Å²) in [5.41, 5.74) is 3.07. The molecule has 0 saturated carbocycles. The second-order valence-corrected chi connectivity index (χ2v) is 8.43. The van der Waals surface area contributed by atoms with Crippen molar-refractivity contribution in [3.63, 3.8) is 0 Å². The van der Waals surface area contributed by atoms with Gasteiger partial charge in [0.2, 0.25) is 0 Å². The molecule has 2 N–H and O–H groups in total. The molecule has 2 aromatic heterocycles. The number of fused-ring (bicyclic) bond motifs is 1. The molecule has 1 aliphatic rings. The smallest absolute Gasteiger partial charge is 0.337 e. The maximum Gasteiger partial charge on any atom is 0.337 e. The van der Waals surface area contributed by atoms with Crippen LogP contribution in [0.4, 0.5) is 0 Å². The third-order valence-corrected chi connectivity index (χ3v) is 6.39. The first kappa shape index (κ1) is 23.0. The fraction of sp³-hybridized carbons (Fsp3) is 0.143. The Balaban J connectivity index is 1.56. The van der Waals surface area contributed by atoms with Crippen molar-refractivity contribution >= 4 is 34.3 Å². The molecule has 1 unspecified atom stereocenters. The van der Waals surface area contributed by atoms with Crippen molar-refractivity contribution in [2.75, 3.05) is 13.7 Å². The Kier molecular flexibility index (Phi) is 6.08. The third-order valence-electron chi connectivity index (χ3n) is 6.39. The van der Waals surface area contributed by atoms with Crippen molar-refractivity contribution < 1.29 is 24.2 Å². The lowest BCUT2D eigenvalue weighted by atomic mass is 9.95. The Morgan fingerprint density at radius 2 is 1.81 bits per heavy atom. The van der Waals surface area contributed by atoms with Gasteiger partial charge in [-0.2, -0.15) is 0 Å². The number of aliphatic hydroxyl groups is 1. The lowest BCUT2D eigenvalue weighted by Gasteiger charge is -2.25. The first-order chi connectivity index (χ1) is 17.5. The van der Waals surface area contributed by atoms with Crippen molar-refractivity contribution in [2.24, 2.45) is 0 Å². The van der Waals surface area contributed by atoms with Gasteiger partial charge < -0.3 is 19.7 Å². The molecule has 8 heteroatoms. The summed E-state index contributed by atoms with van der Waals surface area (Å²) in [6.07, 6.45) is 3.90. The first-order valence-corrected chi connectivity index (χ1v) is 11.4. The number of esters is 1. The number of amides is 1. The van der Waals surface area contributed by atoms with Gasteiger partial charge in [0.1, 0.15) is 5.69 Å². The molecule has 0 bridgehead atoms. The number of ketones is 1. The third kappa shape index (κ3) is 4.02. The molecule has 36 heavy (non-hydrogen) atoms. The number of aromatic nitrogens is 2. The quantitative estimate of drug-likeness (QED) is 0.186. The number of nitrogens with one attached hydrogen (secondary N) is 1. The topological polar surface area (TPSA) is 113 Å². The van der Waals surface area contributed by atoms with E-state index in [9.17, 15) is 19.5 Å². The predicted octanol–water partition coefficient (Wildman–Crippen LogP) is 4.01. The van der Waals surface area contributed by atoms with Gasteiger partial charge in [-0.1, -0.05) is 36.4 Å². The molecular formula is C28H23N3O5. The molecule has 1 fully saturated rings. The van der Waals surface area contributed by atoms with Crippen molar-refractivity contribution in [3.05, 3.63) is 107 Å². The largest absolute Gasteiger partial charge is 0.505 e. The maximum absolute atomic E-state index is 13.2. The number of likely N-dealkylation sites (tertiary alicyclic amines) is 1. The molecule has 3 heterocycles. The fourth-order valence-electron chi connectivity index (χ4n) is 4.60. The lowest BCUT2D eigenvalue weighted by Crippen LogP contribution is -2.31. The number of carbonyl (C=O) groups excluding carboxylic acids is 3. The molecule has 1 saturated heterocycles. The number of H-pyrrole nitrogens is 1. The first-order valence-electron chi connectivity index (χ1n) is 11.4. The molecule has 180 valence electrons. The number of nitrogens with zero attached hydrogens (tertiary/aromatic N) is 2. The van der Waals surface area contributed by atoms with Crippen LogP contribution in [0.1, 0.15) is 33.2 Å². The summed E-state index contributed by atoms with van der Waals surface area (Å²) < 4.78 is 4.77. The second-order valence-electron chi connectivity index (χ2n) is 8.43. The summed E-state index contributed by atoms with van der Waals surface area (Å²) in [4.78, 5) is 47.2. The van der Waals surface area contributed by atoms with Gasteiger partial charge in [-0.05, 0) is 47.9 Å². The van der Waals surface area contributed by atoms with Crippen molar-refractivity contribution in [1.82, 2.24) is 14.9 Å². The lowest BCUT2D eigenvalue weighted by molar-refractivity contribution is -0.139. The zero-order chi connectivity index (χ0) is 25.2. The van der Waals surface area contributed by atoms with Crippen LogP contribution in [-0.2, 0) is 20.7 Å². The van der Waals surface area contributed by atoms with Gasteiger partial charge >= 0.3 is 5.97 Å². The van der Waals surface area contributed by atoms with Gasteiger partial charge in [0.25, 0.3) is 11.7 Å². The minimum Gasteiger partial charge on any atom is -0.505 e. The van der Waals surface area contributed by atoms with E-state index >= 15 is 0 Å². The van der Waals surface area contributed by atoms with E-state index in [2.05, 4.69) is 9.97 Å². The molecule has 0 radical (unpaired) electrons. The molecule has 1 atom stereocenters. The summed E-state index contributed by atoms with van der Waals surface area (Å²) in [6.45, 7) is 0.245. The fourth-order valence-corrected chi connectivity index (χ4v) is 4.60. The molecule has 1 aliphatic heterocycles. The number of Topliss-reactive ketones (excluding diaryl/α,β-unsaturated/α-hetero) is 1. The van der Waals surface area contributed by atoms with Gasteiger partial charge in [-0.15, -0.1) is 0 Å². The van der Waals surface area contributed by atoms with Gasteiger partial charge in [-0.3, -0.25) is 14.6 Å². The summed E-state index contributed by atoms with van der Waals surface area (Å²) in [5, 5.41) is 12.1. The normalized spacial score (nSPS) is 17.0. The van der Waals surface area contributed by atoms with E-state index in [1.165, 1.54) is 18.2 Å². The summed E-state index contributed by atoms with van der Waals surface area (Å²) in [7, 11) is 1.29. The molecule has 4 aromatic rings. The monoisotopic (exact) mass is 481 g/mol. The molecule has 0 spiro atoms. The Bertz CT molecular complexity index is 1490. The van der Waals surface area contributed by atoms with E-state index in [1.807, 2.05) is 30.5 Å². The van der Waals surface area contributed by atoms with Crippen LogP contribution in [0, 0.1) is 0 Å². The zero-order valence-corrected chi connectivity index (χ0v) is 19.5. The van der Waals surface area contributed by atoms with Crippen LogP contribution in [0.3, 0.4) is 0 Å². The van der Waals surface area contributed by atoms with E-state index < -0.39 is 23.7 Å². The Morgan fingerprint density at radius 3 is 2.53 bits per heavy atom. The number of ether oxygens (including phenoxy) is 1. The van der Waals surface area contributed by atoms with Gasteiger partial charge in [0, 0.05) is 29.8 Å². The van der Waals surface area contributed by atoms with Crippen molar-refractivity contribution in [3.8, 4) is 0 Å². The summed E-state index contributed by atoms with van der Waals surface area (Å²) >= 11 is 0. The van der Waals surface area contributed by atoms with Crippen LogP contribution in [0.2, 0.25) is 0 Å². The highest BCUT2D eigenvalue weighted by molar-refractivity contribution is 6.46. The number of carbonyl (C=O) groups is 3. The standard InChI is InChI=1S/C28H23N3O5/c1-36-28(35)18-11-9-17(10-12-18)24-23(25(32)22-8-4-5-14-29-22)26(33)27(34)31(24)15-13-19-16-30-21-7-3-2-6-20(19)21/h2-12,14,16,24,30,32H,13,15H2,1H3. The Hall–Kier alpha value is -4.72. The number of benzene rings is 2. The molecule has 0 aliphatic carbocycles. The SMILES string of the molecule is COC(=O)c1ccc(C2C(=C(O)c3ccccn3)C(=O)C(=O)N2CCc2c[nH]c3ccccc23)cc1. The van der Waals surface area contributed by atoms with Crippen LogP contribution in [-0.4, -0.2) is 51.3 Å². The number of pyridine rings is 1. The average molecular weight is 482 g/mol. The van der Waals surface area contributed by atoms with Crippen LogP contribution in [0.5, 0.6) is 0 Å². The van der Waals surface area contributed by atoms with Crippen LogP contribution >= 0.6 is 0 Å². The van der Waals surface area contributed by atoms with Crippen LogP contribution in [0.15, 0.2) is 84.7 Å². The highest BCUT2D eigenvalue weighted by Gasteiger charge is 2.46. The van der Waals surface area contributed by atoms with E-state index in [0.29, 0.717) is 17.5 Å². The van der Waals surface area contributed by atoms with Gasteiger partial charge in [0.15, 0.2) is 5.76 Å². The maximum atomic E-state index is 13.2. The Morgan fingerprint density at radius 1 is 1.06 bits per heavy atom. The van der Waals surface area contributed by atoms with E-state index in [4.69, 9.17) is 4.74 Å². The number of hydrogen-bond donors (Lipinski definition) is 2. The number of aliphatic hydroxyl groups excluding tert-OH is 1. The molecule has 5 rings (SSSR count). The van der Waals surface area contributed by atoms with E-state index in [-0.39, 0.29) is 23.6 Å². The highest BCUT2D eigenvalue weighted by atomic mass is 16.5. The average Bonchev–Trinajstić information content (AvgIpc) is 3.45. The van der Waals surface area contributed by atoms with Crippen LogP contribution < -0.4 is 0 Å². The van der Waals surface area contributed by atoms with Crippen molar-refractivity contribution in [2.45, 2.75) is 12.5 Å². The summed E-state index contributed by atoms with van der Waals surface area (Å²) in [5.74, 6) is -2.32. The second kappa shape index (κ2) is 9.50. The highest BCUT2D eigenvalue weighted by Crippen LogP contribution is 2.39. The van der Waals surface area contributed by atoms with Crippen molar-refractivity contribution in [1.29, 1.82) is 0 Å². The number of rotatable bonds is 6. The number of hydrogen-bond acceptors (Lipinski definition) is 6. The zero-order valence-electron chi connectivity index (χ0n) is 19.5. The number of para-hydroxylation sites is 1. The van der Waals surface area contributed by atoms with E-state index in [1.54, 1.807) is 42.5 Å². The van der Waals surface area contributed by atoms with E-state index in [0.717, 1.165) is 16.5 Å². The van der Waals surface area contributed by atoms with Gasteiger partial charge in [0.05, 0.1) is 24.3 Å². The summed E-state index contributed by atoms with van der Waals surface area (Å²) in [6, 6.07) is 18.4. The molecule has 8 nitrogen and oxygen atoms in total. The molecule has 2 aromatic carbocycles. The number of aromatic amines is 1. The Labute approximate surface area is 206 Å². The molecular weight excluding hydrogens is 458 g/mol. The van der Waals surface area contributed by atoms with Crippen LogP contribution in [0.25, 0.3) is 16.7 Å².